The molecule has 0 bridgehead atoms. The maximum atomic E-state index is 10.5. The zero-order valence-electron chi connectivity index (χ0n) is 5.68. The molecule has 5 nitrogen and oxygen atoms in total. The zero-order valence-corrected chi connectivity index (χ0v) is 7.32. The average Bonchev–Trinajstić information content (AvgIpc) is 2.11. The molecule has 1 aromatic rings. The molecule has 0 fully saturated rings. The maximum Gasteiger partial charge on any atom is 0.409 e. The van der Waals surface area contributed by atoms with Crippen molar-refractivity contribution in [2.75, 3.05) is 5.84 Å². The van der Waals surface area contributed by atoms with Crippen LogP contribution in [0.15, 0.2) is 9.72 Å². The van der Waals surface area contributed by atoms with Crippen molar-refractivity contribution in [3.8, 4) is 0 Å². The molecule has 7 heteroatoms. The Morgan fingerprint density at radius 3 is 2.45 bits per heavy atom. The summed E-state index contributed by atoms with van der Waals surface area (Å²) in [5.74, 6) is 5.28. The van der Waals surface area contributed by atoms with Gasteiger partial charge in [0.15, 0.2) is 0 Å². The Morgan fingerprint density at radius 2 is 2.27 bits per heavy atom. The molecular weight excluding hydrogens is 188 g/mol. The fourth-order valence-electron chi connectivity index (χ4n) is 0.578. The van der Waals surface area contributed by atoms with Crippen molar-refractivity contribution in [3.63, 3.8) is 0 Å². The van der Waals surface area contributed by atoms with E-state index in [0.717, 1.165) is 16.0 Å². The van der Waals surface area contributed by atoms with Crippen LogP contribution < -0.4 is 10.5 Å². The summed E-state index contributed by atoms with van der Waals surface area (Å²) in [5.41, 5.74) is 0.586. The maximum absolute atomic E-state index is 10.5. The third-order valence-corrected chi connectivity index (χ3v) is 3.54. The summed E-state index contributed by atoms with van der Waals surface area (Å²) < 4.78 is 30.3. The summed E-state index contributed by atoms with van der Waals surface area (Å²) >= 11 is 0.883. The Hall–Kier alpha value is -0.660. The molecule has 0 aliphatic heterocycles. The molecule has 0 aliphatic rings. The first-order chi connectivity index (χ1) is 4.93. The van der Waals surface area contributed by atoms with Crippen LogP contribution in [0.25, 0.3) is 0 Å². The highest BCUT2D eigenvalue weighted by Gasteiger charge is 2.26. The Balaban J connectivity index is 3.38. The molecule has 0 unspecified atom stereocenters. The van der Waals surface area contributed by atoms with Crippen LogP contribution in [0.5, 0.6) is 0 Å². The molecule has 0 saturated carbocycles. The van der Waals surface area contributed by atoms with Crippen molar-refractivity contribution in [2.24, 2.45) is 0 Å². The van der Waals surface area contributed by atoms with Crippen LogP contribution in [0.4, 0.5) is 0 Å². The highest BCUT2D eigenvalue weighted by molar-refractivity contribution is 7.87. The Morgan fingerprint density at radius 1 is 1.73 bits per heavy atom. The van der Waals surface area contributed by atoms with Crippen LogP contribution in [0, 0.1) is 6.92 Å². The van der Waals surface area contributed by atoms with Crippen molar-refractivity contribution in [1.82, 2.24) is 0 Å². The first-order valence-corrected chi connectivity index (χ1v) is 4.97. The number of aryl methyl sites for hydroxylation is 1. The van der Waals surface area contributed by atoms with Crippen LogP contribution in [-0.4, -0.2) is 13.0 Å². The predicted molar refractivity (Wildman–Crippen MR) is 39.2 cm³/mol. The lowest BCUT2D eigenvalue weighted by Gasteiger charge is -1.85. The number of aromatic nitrogens is 1. The number of rotatable bonds is 1. The lowest BCUT2D eigenvalue weighted by Crippen LogP contribution is -2.49. The second-order valence-corrected chi connectivity index (χ2v) is 4.44. The van der Waals surface area contributed by atoms with Gasteiger partial charge in [0.1, 0.15) is 0 Å². The minimum Gasteiger partial charge on any atom is -0.276 e. The van der Waals surface area contributed by atoms with E-state index in [2.05, 4.69) is 0 Å². The van der Waals surface area contributed by atoms with E-state index in [4.69, 9.17) is 10.4 Å². The van der Waals surface area contributed by atoms with Gasteiger partial charge in [0.25, 0.3) is 0 Å². The summed E-state index contributed by atoms with van der Waals surface area (Å²) in [5, 5.41) is 1.54. The monoisotopic (exact) mass is 195 g/mol. The molecule has 0 saturated heterocycles. The fraction of sp³-hybridized carbons (Fsp3) is 0.250. The van der Waals surface area contributed by atoms with Gasteiger partial charge in [0.05, 0.1) is 5.38 Å². The van der Waals surface area contributed by atoms with Gasteiger partial charge in [-0.2, -0.15) is 8.42 Å². The van der Waals surface area contributed by atoms with E-state index in [1.54, 1.807) is 12.3 Å². The SMILES string of the molecule is Cc1csc(S(=O)(=O)O)[n+]1N. The van der Waals surface area contributed by atoms with Crippen LogP contribution >= 0.6 is 11.3 Å². The van der Waals surface area contributed by atoms with Crippen molar-refractivity contribution in [2.45, 2.75) is 11.3 Å². The fourth-order valence-corrected chi connectivity index (χ4v) is 2.24. The van der Waals surface area contributed by atoms with Gasteiger partial charge < -0.3 is 0 Å². The summed E-state index contributed by atoms with van der Waals surface area (Å²) in [7, 11) is -4.16. The number of hydrogen-bond donors (Lipinski definition) is 2. The number of hydrogen-bond acceptors (Lipinski definition) is 4. The smallest absolute Gasteiger partial charge is 0.276 e. The van der Waals surface area contributed by atoms with E-state index in [9.17, 15) is 8.42 Å². The molecule has 3 N–H and O–H groups in total. The predicted octanol–water partition coefficient (Wildman–Crippen LogP) is -0.695. The van der Waals surface area contributed by atoms with Crippen molar-refractivity contribution in [3.05, 3.63) is 11.1 Å². The molecule has 0 radical (unpaired) electrons. The summed E-state index contributed by atoms with van der Waals surface area (Å²) in [6.45, 7) is 1.64. The summed E-state index contributed by atoms with van der Waals surface area (Å²) in [4.78, 5) is 0. The summed E-state index contributed by atoms with van der Waals surface area (Å²) in [6.07, 6.45) is 0. The number of thiazole rings is 1. The number of nitrogens with zero attached hydrogens (tertiary/aromatic N) is 1. The van der Waals surface area contributed by atoms with E-state index in [1.165, 1.54) is 0 Å². The Bertz CT molecular complexity index is 367. The van der Waals surface area contributed by atoms with E-state index in [0.29, 0.717) is 5.69 Å². The van der Waals surface area contributed by atoms with Gasteiger partial charge in [-0.25, -0.2) is 5.84 Å². The van der Waals surface area contributed by atoms with E-state index < -0.39 is 10.1 Å². The number of nitrogens with two attached hydrogens (primary N) is 1. The zero-order chi connectivity index (χ0) is 8.65. The Labute approximate surface area is 67.8 Å². The van der Waals surface area contributed by atoms with Gasteiger partial charge >= 0.3 is 14.5 Å². The van der Waals surface area contributed by atoms with Gasteiger partial charge in [-0.05, 0) is 0 Å². The molecule has 0 atom stereocenters. The van der Waals surface area contributed by atoms with E-state index in [-0.39, 0.29) is 4.34 Å². The largest absolute Gasteiger partial charge is 0.409 e. The average molecular weight is 195 g/mol. The first kappa shape index (κ1) is 8.44. The van der Waals surface area contributed by atoms with Crippen LogP contribution in [0.1, 0.15) is 5.69 Å². The highest BCUT2D eigenvalue weighted by Crippen LogP contribution is 2.10. The van der Waals surface area contributed by atoms with Crippen molar-refractivity contribution < 1.29 is 17.6 Å². The van der Waals surface area contributed by atoms with E-state index in [1.807, 2.05) is 0 Å². The molecule has 1 heterocycles. The first-order valence-electron chi connectivity index (χ1n) is 2.65. The second-order valence-electron chi connectivity index (χ2n) is 1.99. The van der Waals surface area contributed by atoms with Crippen LogP contribution in [0.2, 0.25) is 0 Å². The number of nitrogen functional groups attached to an aromatic ring is 1. The van der Waals surface area contributed by atoms with Gasteiger partial charge in [-0.1, -0.05) is 16.0 Å². The minimum absolute atomic E-state index is 0.255. The van der Waals surface area contributed by atoms with Gasteiger partial charge in [-0.3, -0.25) is 4.55 Å². The minimum atomic E-state index is -4.16. The molecule has 11 heavy (non-hydrogen) atoms. The van der Waals surface area contributed by atoms with Gasteiger partial charge in [-0.15, -0.1) is 0 Å². The second kappa shape index (κ2) is 2.43. The standard InChI is InChI=1S/C4H6N2O3S2/c1-3-2-10-4(6(3)5)11(7,8)9/h2H,5H2,1H3/p+1. The molecule has 0 aliphatic carbocycles. The molecule has 0 spiro atoms. The molecule has 1 rings (SSSR count). The van der Waals surface area contributed by atoms with Crippen LogP contribution in [-0.2, 0) is 10.1 Å². The lowest BCUT2D eigenvalue weighted by molar-refractivity contribution is -0.677. The van der Waals surface area contributed by atoms with E-state index >= 15 is 0 Å². The third kappa shape index (κ3) is 1.50. The quantitative estimate of drug-likeness (QED) is 0.353. The molecule has 0 amide bonds. The molecule has 0 aromatic carbocycles. The Kier molecular flexibility index (Phi) is 1.87. The van der Waals surface area contributed by atoms with Gasteiger partial charge in [0, 0.05) is 6.92 Å². The summed E-state index contributed by atoms with van der Waals surface area (Å²) in [6, 6.07) is 0. The topological polar surface area (TPSA) is 84.3 Å². The van der Waals surface area contributed by atoms with Crippen LogP contribution in [0.3, 0.4) is 0 Å². The molecule has 62 valence electrons. The molecule has 1 aromatic heterocycles. The van der Waals surface area contributed by atoms with Crippen molar-refractivity contribution in [1.29, 1.82) is 0 Å². The normalized spacial score (nSPS) is 11.8. The van der Waals surface area contributed by atoms with Crippen molar-refractivity contribution >= 4 is 21.5 Å². The highest BCUT2D eigenvalue weighted by atomic mass is 32.3. The molecular formula is C4H7N2O3S2+. The third-order valence-electron chi connectivity index (χ3n) is 1.13. The van der Waals surface area contributed by atoms with Gasteiger partial charge in [0.2, 0.25) is 5.69 Å². The lowest BCUT2D eigenvalue weighted by atomic mass is 10.6.